The molecule has 19 heavy (non-hydrogen) atoms. The zero-order chi connectivity index (χ0) is 14.7. The lowest BCUT2D eigenvalue weighted by Crippen LogP contribution is -2.39. The lowest BCUT2D eigenvalue weighted by Gasteiger charge is -2.24. The van der Waals surface area contributed by atoms with Crippen LogP contribution in [0.1, 0.15) is 20.3 Å². The maximum Gasteiger partial charge on any atom is 0.248 e. The molecule has 0 heterocycles. The first-order valence-electron chi connectivity index (χ1n) is 6.32. The van der Waals surface area contributed by atoms with Crippen LogP contribution in [0.2, 0.25) is 0 Å². The van der Waals surface area contributed by atoms with Crippen molar-refractivity contribution in [1.82, 2.24) is 4.90 Å². The van der Waals surface area contributed by atoms with Crippen molar-refractivity contribution in [3.63, 3.8) is 0 Å². The molecule has 0 aliphatic heterocycles. The van der Waals surface area contributed by atoms with E-state index in [9.17, 15) is 4.79 Å². The van der Waals surface area contributed by atoms with E-state index in [1.54, 1.807) is 12.0 Å². The first kappa shape index (κ1) is 17.7. The fourth-order valence-corrected chi connectivity index (χ4v) is 1.45. The van der Waals surface area contributed by atoms with Gasteiger partial charge in [-0.15, -0.1) is 0 Å². The van der Waals surface area contributed by atoms with Crippen LogP contribution in [-0.2, 0) is 14.3 Å². The number of carbonyl (C=O) groups excluding carboxylic acids is 1. The van der Waals surface area contributed by atoms with Crippen LogP contribution in [0.15, 0.2) is 5.16 Å². The highest BCUT2D eigenvalue weighted by atomic mass is 16.5. The van der Waals surface area contributed by atoms with Gasteiger partial charge in [0.05, 0.1) is 13.2 Å². The van der Waals surface area contributed by atoms with Crippen molar-refractivity contribution in [2.75, 3.05) is 40.0 Å². The van der Waals surface area contributed by atoms with Crippen molar-refractivity contribution in [3.8, 4) is 0 Å². The van der Waals surface area contributed by atoms with Crippen LogP contribution in [0.5, 0.6) is 0 Å². The number of nitrogens with zero attached hydrogens (tertiary/aromatic N) is 2. The third-order valence-corrected chi connectivity index (χ3v) is 2.36. The average molecular weight is 275 g/mol. The van der Waals surface area contributed by atoms with Gasteiger partial charge in [0, 0.05) is 26.6 Å². The molecular weight excluding hydrogens is 250 g/mol. The van der Waals surface area contributed by atoms with E-state index in [2.05, 4.69) is 5.16 Å². The fourth-order valence-electron chi connectivity index (χ4n) is 1.45. The number of hydrogen-bond donors (Lipinski definition) is 2. The number of hydrogen-bond acceptors (Lipinski definition) is 5. The molecule has 0 saturated carbocycles. The monoisotopic (exact) mass is 275 g/mol. The molecule has 1 amide bonds. The molecule has 3 N–H and O–H groups in total. The van der Waals surface area contributed by atoms with Gasteiger partial charge in [-0.2, -0.15) is 0 Å². The zero-order valence-corrected chi connectivity index (χ0v) is 12.0. The van der Waals surface area contributed by atoms with Gasteiger partial charge in [0.1, 0.15) is 12.4 Å². The van der Waals surface area contributed by atoms with Crippen molar-refractivity contribution < 1.29 is 19.5 Å². The molecule has 0 aromatic carbocycles. The van der Waals surface area contributed by atoms with Gasteiger partial charge in [-0.1, -0.05) is 19.0 Å². The Bertz CT molecular complexity index is 282. The quantitative estimate of drug-likeness (QED) is 0.196. The molecule has 0 fully saturated rings. The number of methoxy groups -OCH3 is 1. The first-order valence-corrected chi connectivity index (χ1v) is 6.32. The third kappa shape index (κ3) is 9.26. The number of amidine groups is 1. The standard InChI is InChI=1S/C12H25N3O4/c1-10(2)8-15(5-4-11(13)14-17)12(16)9-19-7-6-18-3/h10,17H,4-9H2,1-3H3,(H2,13,14). The van der Waals surface area contributed by atoms with Crippen molar-refractivity contribution in [1.29, 1.82) is 0 Å². The van der Waals surface area contributed by atoms with E-state index in [4.69, 9.17) is 20.4 Å². The Hall–Kier alpha value is -1.34. The minimum absolute atomic E-state index is 0.0201. The molecule has 112 valence electrons. The molecule has 0 bridgehead atoms. The second kappa shape index (κ2) is 10.6. The number of nitrogens with two attached hydrogens (primary N) is 1. The Morgan fingerprint density at radius 1 is 1.42 bits per heavy atom. The molecule has 0 unspecified atom stereocenters. The molecule has 0 aromatic rings. The maximum absolute atomic E-state index is 12.0. The topological polar surface area (TPSA) is 97.4 Å². The maximum atomic E-state index is 12.0. The summed E-state index contributed by atoms with van der Waals surface area (Å²) < 4.78 is 10.0. The summed E-state index contributed by atoms with van der Waals surface area (Å²) in [5.74, 6) is 0.354. The molecule has 0 saturated heterocycles. The average Bonchev–Trinajstić information content (AvgIpc) is 2.38. The molecule has 7 heteroatoms. The van der Waals surface area contributed by atoms with Crippen LogP contribution in [0, 0.1) is 5.92 Å². The molecule has 7 nitrogen and oxygen atoms in total. The molecule has 0 aliphatic rings. The summed E-state index contributed by atoms with van der Waals surface area (Å²) in [5, 5.41) is 11.4. The zero-order valence-electron chi connectivity index (χ0n) is 12.0. The SMILES string of the molecule is COCCOCC(=O)N(CCC(N)=NO)CC(C)C. The van der Waals surface area contributed by atoms with E-state index in [0.717, 1.165) is 0 Å². The third-order valence-electron chi connectivity index (χ3n) is 2.36. The van der Waals surface area contributed by atoms with Crippen LogP contribution in [0.4, 0.5) is 0 Å². The van der Waals surface area contributed by atoms with Crippen molar-refractivity contribution >= 4 is 11.7 Å². The first-order chi connectivity index (χ1) is 9.01. The summed E-state index contributed by atoms with van der Waals surface area (Å²) in [4.78, 5) is 13.6. The Morgan fingerprint density at radius 3 is 2.63 bits per heavy atom. The number of amides is 1. The van der Waals surface area contributed by atoms with Crippen molar-refractivity contribution in [2.24, 2.45) is 16.8 Å². The molecule has 0 aromatic heterocycles. The summed E-state index contributed by atoms with van der Waals surface area (Å²) in [5.41, 5.74) is 5.41. The van der Waals surface area contributed by atoms with Crippen LogP contribution in [0.25, 0.3) is 0 Å². The normalized spacial score (nSPS) is 11.9. The lowest BCUT2D eigenvalue weighted by atomic mass is 10.2. The number of rotatable bonds is 10. The highest BCUT2D eigenvalue weighted by Gasteiger charge is 2.15. The highest BCUT2D eigenvalue weighted by molar-refractivity contribution is 5.81. The molecule has 0 aliphatic carbocycles. The van der Waals surface area contributed by atoms with Gasteiger partial charge in [-0.05, 0) is 5.92 Å². The predicted octanol–water partition coefficient (Wildman–Crippen LogP) is 0.271. The van der Waals surface area contributed by atoms with Crippen LogP contribution < -0.4 is 5.73 Å². The molecular formula is C12H25N3O4. The van der Waals surface area contributed by atoms with Crippen LogP contribution >= 0.6 is 0 Å². The van der Waals surface area contributed by atoms with Gasteiger partial charge in [0.2, 0.25) is 5.91 Å². The molecule has 0 atom stereocenters. The number of carbonyl (C=O) groups is 1. The van der Waals surface area contributed by atoms with E-state index < -0.39 is 0 Å². The van der Waals surface area contributed by atoms with Gasteiger partial charge in [-0.3, -0.25) is 4.79 Å². The second-order valence-corrected chi connectivity index (χ2v) is 4.62. The molecule has 0 spiro atoms. The highest BCUT2D eigenvalue weighted by Crippen LogP contribution is 2.01. The smallest absolute Gasteiger partial charge is 0.248 e. The molecule has 0 rings (SSSR count). The van der Waals surface area contributed by atoms with Gasteiger partial charge in [0.25, 0.3) is 0 Å². The van der Waals surface area contributed by atoms with Gasteiger partial charge >= 0.3 is 0 Å². The number of oxime groups is 1. The minimum Gasteiger partial charge on any atom is -0.409 e. The van der Waals surface area contributed by atoms with E-state index >= 15 is 0 Å². The van der Waals surface area contributed by atoms with Crippen LogP contribution in [-0.4, -0.2) is 61.9 Å². The van der Waals surface area contributed by atoms with Crippen LogP contribution in [0.3, 0.4) is 0 Å². The van der Waals surface area contributed by atoms with E-state index in [1.165, 1.54) is 0 Å². The predicted molar refractivity (Wildman–Crippen MR) is 72.1 cm³/mol. The van der Waals surface area contributed by atoms with Gasteiger partial charge in [0.15, 0.2) is 0 Å². The summed E-state index contributed by atoms with van der Waals surface area (Å²) in [7, 11) is 1.58. The van der Waals surface area contributed by atoms with E-state index in [-0.39, 0.29) is 18.3 Å². The summed E-state index contributed by atoms with van der Waals surface area (Å²) in [6.07, 6.45) is 0.340. The fraction of sp³-hybridized carbons (Fsp3) is 0.833. The Balaban J connectivity index is 4.19. The summed E-state index contributed by atoms with van der Waals surface area (Å²) in [6, 6.07) is 0. The largest absolute Gasteiger partial charge is 0.409 e. The summed E-state index contributed by atoms with van der Waals surface area (Å²) in [6.45, 7) is 5.95. The minimum atomic E-state index is -0.101. The second-order valence-electron chi connectivity index (χ2n) is 4.62. The number of ether oxygens (including phenoxy) is 2. The van der Waals surface area contributed by atoms with Gasteiger partial charge in [-0.25, -0.2) is 0 Å². The van der Waals surface area contributed by atoms with Crippen molar-refractivity contribution in [2.45, 2.75) is 20.3 Å². The van der Waals surface area contributed by atoms with Gasteiger partial charge < -0.3 is 25.3 Å². The Morgan fingerprint density at radius 2 is 2.11 bits per heavy atom. The Kier molecular flexibility index (Phi) is 9.82. The van der Waals surface area contributed by atoms with Crippen molar-refractivity contribution in [3.05, 3.63) is 0 Å². The van der Waals surface area contributed by atoms with E-state index in [0.29, 0.717) is 38.6 Å². The Labute approximate surface area is 114 Å². The molecule has 0 radical (unpaired) electrons. The van der Waals surface area contributed by atoms with E-state index in [1.807, 2.05) is 13.8 Å². The summed E-state index contributed by atoms with van der Waals surface area (Å²) >= 11 is 0. The lowest BCUT2D eigenvalue weighted by molar-refractivity contribution is -0.137.